The van der Waals surface area contributed by atoms with Gasteiger partial charge in [0.1, 0.15) is 17.5 Å². The van der Waals surface area contributed by atoms with Crippen molar-refractivity contribution < 1.29 is 34.1 Å². The molecular weight excluding hydrogens is 282 g/mol. The number of hydrogen-bond donors (Lipinski definition) is 3. The summed E-state index contributed by atoms with van der Waals surface area (Å²) in [4.78, 5) is 33.5. The molecule has 1 aromatic rings. The first-order chi connectivity index (χ1) is 9.88. The summed E-state index contributed by atoms with van der Waals surface area (Å²) in [6, 6.07) is 2.83. The molecule has 0 aliphatic carbocycles. The van der Waals surface area contributed by atoms with Crippen LogP contribution < -0.4 is 14.8 Å². The maximum atomic E-state index is 12.0. The van der Waals surface area contributed by atoms with E-state index in [2.05, 4.69) is 5.32 Å². The third-order valence-electron chi connectivity index (χ3n) is 2.64. The highest BCUT2D eigenvalue weighted by Gasteiger charge is 2.25. The number of aliphatic carboxylic acids is 2. The summed E-state index contributed by atoms with van der Waals surface area (Å²) in [6.45, 7) is 0. The number of carboxylic acid groups (broad SMARTS) is 2. The number of rotatable bonds is 7. The summed E-state index contributed by atoms with van der Waals surface area (Å²) in [5, 5.41) is 19.7. The van der Waals surface area contributed by atoms with E-state index in [1.54, 1.807) is 0 Å². The van der Waals surface area contributed by atoms with Crippen LogP contribution in [-0.2, 0) is 9.59 Å². The molecule has 0 saturated heterocycles. The molecule has 0 heterocycles. The highest BCUT2D eigenvalue weighted by atomic mass is 16.5. The van der Waals surface area contributed by atoms with E-state index in [4.69, 9.17) is 19.7 Å². The Bertz CT molecular complexity index is 555. The summed E-state index contributed by atoms with van der Waals surface area (Å²) in [5.41, 5.74) is 0.0786. The van der Waals surface area contributed by atoms with Crippen molar-refractivity contribution in [1.82, 2.24) is 5.32 Å². The Kier molecular flexibility index (Phi) is 5.53. The number of amides is 1. The van der Waals surface area contributed by atoms with Gasteiger partial charge in [-0.15, -0.1) is 0 Å². The van der Waals surface area contributed by atoms with Gasteiger partial charge in [-0.2, -0.15) is 0 Å². The van der Waals surface area contributed by atoms with Crippen LogP contribution in [0.5, 0.6) is 11.5 Å². The van der Waals surface area contributed by atoms with Crippen LogP contribution in [0.2, 0.25) is 0 Å². The minimum Gasteiger partial charge on any atom is -0.497 e. The number of carboxylic acids is 2. The predicted octanol–water partition coefficient (Wildman–Crippen LogP) is 0.361. The molecular formula is C13H15NO7. The van der Waals surface area contributed by atoms with Gasteiger partial charge in [0.15, 0.2) is 0 Å². The average Bonchev–Trinajstić information content (AvgIpc) is 2.45. The molecule has 0 saturated carbocycles. The fraction of sp³-hybridized carbons (Fsp3) is 0.308. The molecule has 8 nitrogen and oxygen atoms in total. The first kappa shape index (κ1) is 16.3. The van der Waals surface area contributed by atoms with Gasteiger partial charge in [0, 0.05) is 6.07 Å². The van der Waals surface area contributed by atoms with Crippen molar-refractivity contribution in [2.24, 2.45) is 0 Å². The topological polar surface area (TPSA) is 122 Å². The molecule has 1 aromatic carbocycles. The van der Waals surface area contributed by atoms with Gasteiger partial charge in [-0.05, 0) is 12.1 Å². The summed E-state index contributed by atoms with van der Waals surface area (Å²) in [5.74, 6) is -2.86. The van der Waals surface area contributed by atoms with Gasteiger partial charge in [-0.25, -0.2) is 4.79 Å². The van der Waals surface area contributed by atoms with E-state index in [9.17, 15) is 14.4 Å². The van der Waals surface area contributed by atoms with Gasteiger partial charge < -0.3 is 25.0 Å². The van der Waals surface area contributed by atoms with E-state index in [-0.39, 0.29) is 11.3 Å². The number of carbonyl (C=O) groups excluding carboxylic acids is 1. The monoisotopic (exact) mass is 297 g/mol. The van der Waals surface area contributed by atoms with Crippen LogP contribution >= 0.6 is 0 Å². The smallest absolute Gasteiger partial charge is 0.326 e. The SMILES string of the molecule is COc1ccc(C(=O)N[C@H](CC(=O)O)C(=O)O)c(OC)c1. The van der Waals surface area contributed by atoms with Crippen molar-refractivity contribution >= 4 is 17.8 Å². The molecule has 0 aliphatic rings. The van der Waals surface area contributed by atoms with E-state index in [0.717, 1.165) is 0 Å². The molecule has 0 fully saturated rings. The normalized spacial score (nSPS) is 11.3. The summed E-state index contributed by atoms with van der Waals surface area (Å²) in [7, 11) is 2.79. The molecule has 114 valence electrons. The van der Waals surface area contributed by atoms with E-state index in [0.29, 0.717) is 5.75 Å². The minimum absolute atomic E-state index is 0.0786. The lowest BCUT2D eigenvalue weighted by molar-refractivity contribution is -0.145. The fourth-order valence-electron chi connectivity index (χ4n) is 1.60. The lowest BCUT2D eigenvalue weighted by Gasteiger charge is -2.14. The lowest BCUT2D eigenvalue weighted by atomic mass is 10.1. The Morgan fingerprint density at radius 3 is 2.33 bits per heavy atom. The van der Waals surface area contributed by atoms with Crippen LogP contribution in [-0.4, -0.2) is 48.3 Å². The van der Waals surface area contributed by atoms with Crippen molar-refractivity contribution in [2.45, 2.75) is 12.5 Å². The zero-order valence-corrected chi connectivity index (χ0v) is 11.5. The molecule has 0 aromatic heterocycles. The van der Waals surface area contributed by atoms with Gasteiger partial charge in [-0.3, -0.25) is 9.59 Å². The standard InChI is InChI=1S/C13H15NO7/c1-20-7-3-4-8(10(5-7)21-2)12(17)14-9(13(18)19)6-11(15)16/h3-5,9H,6H2,1-2H3,(H,14,17)(H,15,16)(H,18,19)/t9-/m1/s1. The lowest BCUT2D eigenvalue weighted by Crippen LogP contribution is -2.42. The quantitative estimate of drug-likeness (QED) is 0.664. The zero-order valence-electron chi connectivity index (χ0n) is 11.5. The van der Waals surface area contributed by atoms with E-state index >= 15 is 0 Å². The van der Waals surface area contributed by atoms with Crippen LogP contribution in [0, 0.1) is 0 Å². The van der Waals surface area contributed by atoms with Gasteiger partial charge in [0.25, 0.3) is 5.91 Å². The Hall–Kier alpha value is -2.77. The van der Waals surface area contributed by atoms with Crippen molar-refractivity contribution in [3.8, 4) is 11.5 Å². The van der Waals surface area contributed by atoms with Crippen LogP contribution in [0.25, 0.3) is 0 Å². The molecule has 8 heteroatoms. The van der Waals surface area contributed by atoms with Crippen LogP contribution in [0.15, 0.2) is 18.2 Å². The largest absolute Gasteiger partial charge is 0.497 e. The Morgan fingerprint density at radius 2 is 1.86 bits per heavy atom. The molecule has 0 bridgehead atoms. The number of benzene rings is 1. The van der Waals surface area contributed by atoms with E-state index in [1.807, 2.05) is 0 Å². The van der Waals surface area contributed by atoms with Gasteiger partial charge >= 0.3 is 11.9 Å². The molecule has 3 N–H and O–H groups in total. The zero-order chi connectivity index (χ0) is 16.0. The number of nitrogens with one attached hydrogen (secondary N) is 1. The maximum Gasteiger partial charge on any atom is 0.326 e. The van der Waals surface area contributed by atoms with E-state index in [1.165, 1.54) is 32.4 Å². The van der Waals surface area contributed by atoms with Crippen molar-refractivity contribution in [1.29, 1.82) is 0 Å². The highest BCUT2D eigenvalue weighted by Crippen LogP contribution is 2.24. The maximum absolute atomic E-state index is 12.0. The second-order valence-corrected chi connectivity index (χ2v) is 4.03. The molecule has 1 amide bonds. The predicted molar refractivity (Wildman–Crippen MR) is 70.7 cm³/mol. The number of ether oxygens (including phenoxy) is 2. The second-order valence-electron chi connectivity index (χ2n) is 4.03. The molecule has 1 rings (SSSR count). The first-order valence-electron chi connectivity index (χ1n) is 5.86. The van der Waals surface area contributed by atoms with Gasteiger partial charge in [0.05, 0.1) is 26.2 Å². The Labute approximate surface area is 120 Å². The van der Waals surface area contributed by atoms with Crippen LogP contribution in [0.3, 0.4) is 0 Å². The second kappa shape index (κ2) is 7.13. The fourth-order valence-corrected chi connectivity index (χ4v) is 1.60. The molecule has 1 atom stereocenters. The molecule has 21 heavy (non-hydrogen) atoms. The molecule has 0 spiro atoms. The van der Waals surface area contributed by atoms with Gasteiger partial charge in [-0.1, -0.05) is 0 Å². The molecule has 0 radical (unpaired) electrons. The third-order valence-corrected chi connectivity index (χ3v) is 2.64. The molecule has 0 aliphatic heterocycles. The Morgan fingerprint density at radius 1 is 1.19 bits per heavy atom. The van der Waals surface area contributed by atoms with Crippen LogP contribution in [0.1, 0.15) is 16.8 Å². The number of hydrogen-bond acceptors (Lipinski definition) is 5. The van der Waals surface area contributed by atoms with Crippen molar-refractivity contribution in [2.75, 3.05) is 14.2 Å². The third kappa shape index (κ3) is 4.37. The summed E-state index contributed by atoms with van der Waals surface area (Å²) in [6.07, 6.45) is -0.723. The van der Waals surface area contributed by atoms with Crippen molar-refractivity contribution in [3.05, 3.63) is 23.8 Å². The first-order valence-corrected chi connectivity index (χ1v) is 5.86. The number of methoxy groups -OCH3 is 2. The Balaban J connectivity index is 2.96. The molecule has 0 unspecified atom stereocenters. The van der Waals surface area contributed by atoms with Gasteiger partial charge in [0.2, 0.25) is 0 Å². The van der Waals surface area contributed by atoms with E-state index < -0.39 is 30.3 Å². The average molecular weight is 297 g/mol. The summed E-state index contributed by atoms with van der Waals surface area (Å²) >= 11 is 0. The highest BCUT2D eigenvalue weighted by molar-refractivity contribution is 5.99. The number of carbonyl (C=O) groups is 3. The summed E-state index contributed by atoms with van der Waals surface area (Å²) < 4.78 is 10.0. The van der Waals surface area contributed by atoms with Crippen molar-refractivity contribution in [3.63, 3.8) is 0 Å². The minimum atomic E-state index is -1.53. The van der Waals surface area contributed by atoms with Crippen LogP contribution in [0.4, 0.5) is 0 Å².